The maximum atomic E-state index is 12.1. The van der Waals surface area contributed by atoms with E-state index in [1.165, 1.54) is 19.5 Å². The molecule has 1 aromatic heterocycles. The summed E-state index contributed by atoms with van der Waals surface area (Å²) in [4.78, 5) is 31.7. The van der Waals surface area contributed by atoms with Gasteiger partial charge in [-0.05, 0) is 24.6 Å². The minimum absolute atomic E-state index is 0.249. The molecule has 0 radical (unpaired) electrons. The van der Waals surface area contributed by atoms with Crippen molar-refractivity contribution in [2.75, 3.05) is 32.7 Å². The number of nitrogens with zero attached hydrogens (tertiary/aromatic N) is 2. The Morgan fingerprint density at radius 2 is 2.00 bits per heavy atom. The molecule has 1 amide bonds. The predicted octanol–water partition coefficient (Wildman–Crippen LogP) is 1.77. The van der Waals surface area contributed by atoms with E-state index in [2.05, 4.69) is 20.6 Å². The van der Waals surface area contributed by atoms with Crippen LogP contribution in [0.25, 0.3) is 0 Å². The number of methoxy groups -OCH3 is 2. The molecule has 0 aliphatic rings. The highest BCUT2D eigenvalue weighted by atomic mass is 16.5. The third kappa shape index (κ3) is 5.54. The van der Waals surface area contributed by atoms with Crippen LogP contribution in [0, 0.1) is 0 Å². The first-order chi connectivity index (χ1) is 12.1. The van der Waals surface area contributed by atoms with Gasteiger partial charge in [0.2, 0.25) is 0 Å². The zero-order valence-electron chi connectivity index (χ0n) is 14.1. The summed E-state index contributed by atoms with van der Waals surface area (Å²) in [7, 11) is 2.93. The lowest BCUT2D eigenvalue weighted by molar-refractivity contribution is 0.0600. The molecule has 1 heterocycles. The molecule has 2 rings (SSSR count). The summed E-state index contributed by atoms with van der Waals surface area (Å²) in [6.07, 6.45) is 2.02. The molecule has 0 saturated heterocycles. The molecule has 0 aliphatic carbocycles. The molecule has 1 aromatic carbocycles. The average Bonchev–Trinajstić information content (AvgIpc) is 2.65. The van der Waals surface area contributed by atoms with E-state index in [0.717, 1.165) is 6.42 Å². The number of benzene rings is 1. The van der Waals surface area contributed by atoms with Gasteiger partial charge in [0, 0.05) is 32.0 Å². The molecule has 132 valence electrons. The molecule has 8 heteroatoms. The lowest BCUT2D eigenvalue weighted by Gasteiger charge is -2.08. The number of hydrogen-bond acceptors (Lipinski definition) is 7. The maximum absolute atomic E-state index is 12.1. The number of aromatic nitrogens is 2. The van der Waals surface area contributed by atoms with Crippen LogP contribution in [-0.2, 0) is 9.47 Å². The normalized spacial score (nSPS) is 10.2. The highest BCUT2D eigenvalue weighted by Crippen LogP contribution is 2.16. The quantitative estimate of drug-likeness (QED) is 0.556. The molecule has 2 aromatic rings. The van der Waals surface area contributed by atoms with Gasteiger partial charge in [0.1, 0.15) is 17.8 Å². The van der Waals surface area contributed by atoms with Gasteiger partial charge in [-0.3, -0.25) is 4.79 Å². The number of anilines is 2. The molecule has 0 bridgehead atoms. The summed E-state index contributed by atoms with van der Waals surface area (Å²) in [6, 6.07) is 8.32. The van der Waals surface area contributed by atoms with Crippen LogP contribution in [0.3, 0.4) is 0 Å². The fourth-order valence-electron chi connectivity index (χ4n) is 2.05. The molecule has 25 heavy (non-hydrogen) atoms. The highest BCUT2D eigenvalue weighted by molar-refractivity contribution is 5.93. The lowest BCUT2D eigenvalue weighted by atomic mass is 10.2. The van der Waals surface area contributed by atoms with E-state index in [0.29, 0.717) is 30.2 Å². The van der Waals surface area contributed by atoms with E-state index in [4.69, 9.17) is 9.47 Å². The number of rotatable bonds is 8. The maximum Gasteiger partial charge on any atom is 0.337 e. The first-order valence-electron chi connectivity index (χ1n) is 7.68. The number of esters is 1. The molecule has 0 saturated carbocycles. The summed E-state index contributed by atoms with van der Waals surface area (Å²) >= 11 is 0. The first-order valence-corrected chi connectivity index (χ1v) is 7.68. The Morgan fingerprint density at radius 3 is 2.76 bits per heavy atom. The van der Waals surface area contributed by atoms with Gasteiger partial charge in [0.25, 0.3) is 5.91 Å². The lowest BCUT2D eigenvalue weighted by Crippen LogP contribution is -2.26. The Kier molecular flexibility index (Phi) is 6.85. The SMILES string of the molecule is COCCCNC(=O)c1cc(Nc2cccc(C(=O)OC)c2)ncn1. The van der Waals surface area contributed by atoms with Gasteiger partial charge in [-0.15, -0.1) is 0 Å². The smallest absolute Gasteiger partial charge is 0.337 e. The van der Waals surface area contributed by atoms with Crippen LogP contribution < -0.4 is 10.6 Å². The van der Waals surface area contributed by atoms with E-state index in [-0.39, 0.29) is 11.6 Å². The van der Waals surface area contributed by atoms with Gasteiger partial charge >= 0.3 is 5.97 Å². The molecule has 8 nitrogen and oxygen atoms in total. The molecule has 0 spiro atoms. The second-order valence-corrected chi connectivity index (χ2v) is 5.09. The monoisotopic (exact) mass is 344 g/mol. The van der Waals surface area contributed by atoms with Gasteiger partial charge < -0.3 is 20.1 Å². The van der Waals surface area contributed by atoms with E-state index in [1.807, 2.05) is 0 Å². The summed E-state index contributed by atoms with van der Waals surface area (Å²) in [6.45, 7) is 1.08. The first kappa shape index (κ1) is 18.3. The third-order valence-electron chi connectivity index (χ3n) is 3.27. The fourth-order valence-corrected chi connectivity index (χ4v) is 2.05. The van der Waals surface area contributed by atoms with Crippen molar-refractivity contribution in [3.63, 3.8) is 0 Å². The van der Waals surface area contributed by atoms with Crippen LogP contribution in [-0.4, -0.2) is 49.2 Å². The Bertz CT molecular complexity index is 736. The van der Waals surface area contributed by atoms with Crippen molar-refractivity contribution in [2.45, 2.75) is 6.42 Å². The average molecular weight is 344 g/mol. The largest absolute Gasteiger partial charge is 0.465 e. The van der Waals surface area contributed by atoms with E-state index in [1.54, 1.807) is 31.4 Å². The van der Waals surface area contributed by atoms with Crippen LogP contribution in [0.4, 0.5) is 11.5 Å². The number of nitrogens with one attached hydrogen (secondary N) is 2. The Balaban J connectivity index is 2.04. The fraction of sp³-hybridized carbons (Fsp3) is 0.294. The van der Waals surface area contributed by atoms with Gasteiger partial charge in [-0.1, -0.05) is 6.07 Å². The second-order valence-electron chi connectivity index (χ2n) is 5.09. The topological polar surface area (TPSA) is 102 Å². The number of carbonyl (C=O) groups is 2. The molecular weight excluding hydrogens is 324 g/mol. The van der Waals surface area contributed by atoms with Crippen molar-refractivity contribution >= 4 is 23.4 Å². The molecule has 0 fully saturated rings. The van der Waals surface area contributed by atoms with Crippen molar-refractivity contribution in [2.24, 2.45) is 0 Å². The zero-order valence-corrected chi connectivity index (χ0v) is 14.1. The van der Waals surface area contributed by atoms with Crippen LogP contribution in [0.15, 0.2) is 36.7 Å². The van der Waals surface area contributed by atoms with Crippen LogP contribution in [0.1, 0.15) is 27.3 Å². The summed E-state index contributed by atoms with van der Waals surface area (Å²) in [5.41, 5.74) is 1.31. The Hall–Kier alpha value is -3.00. The van der Waals surface area contributed by atoms with Crippen molar-refractivity contribution < 1.29 is 19.1 Å². The van der Waals surface area contributed by atoms with Crippen molar-refractivity contribution in [1.82, 2.24) is 15.3 Å². The zero-order chi connectivity index (χ0) is 18.1. The van der Waals surface area contributed by atoms with Crippen molar-refractivity contribution in [3.8, 4) is 0 Å². The number of carbonyl (C=O) groups excluding carboxylic acids is 2. The van der Waals surface area contributed by atoms with Crippen molar-refractivity contribution in [1.29, 1.82) is 0 Å². The van der Waals surface area contributed by atoms with Crippen LogP contribution in [0.2, 0.25) is 0 Å². The molecule has 0 atom stereocenters. The minimum atomic E-state index is -0.428. The number of hydrogen-bond donors (Lipinski definition) is 2. The minimum Gasteiger partial charge on any atom is -0.465 e. The third-order valence-corrected chi connectivity index (χ3v) is 3.27. The highest BCUT2D eigenvalue weighted by Gasteiger charge is 2.09. The van der Waals surface area contributed by atoms with E-state index < -0.39 is 5.97 Å². The summed E-state index contributed by atoms with van der Waals surface area (Å²) < 4.78 is 9.62. The predicted molar refractivity (Wildman–Crippen MR) is 91.9 cm³/mol. The van der Waals surface area contributed by atoms with Crippen LogP contribution >= 0.6 is 0 Å². The van der Waals surface area contributed by atoms with Gasteiger partial charge in [-0.2, -0.15) is 0 Å². The van der Waals surface area contributed by atoms with Crippen LogP contribution in [0.5, 0.6) is 0 Å². The van der Waals surface area contributed by atoms with Crippen molar-refractivity contribution in [3.05, 3.63) is 47.9 Å². The summed E-state index contributed by atoms with van der Waals surface area (Å²) in [5.74, 6) is -0.272. The standard InChI is InChI=1S/C17H20N4O4/c1-24-8-4-7-18-16(22)14-10-15(20-11-19-14)21-13-6-3-5-12(9-13)17(23)25-2/h3,5-6,9-11H,4,7-8H2,1-2H3,(H,18,22)(H,19,20,21). The Labute approximate surface area is 145 Å². The molecule has 2 N–H and O–H groups in total. The number of ether oxygens (including phenoxy) is 2. The summed E-state index contributed by atoms with van der Waals surface area (Å²) in [5, 5.41) is 5.79. The second kappa shape index (κ2) is 9.33. The number of amides is 1. The molecular formula is C17H20N4O4. The van der Waals surface area contributed by atoms with Gasteiger partial charge in [0.15, 0.2) is 0 Å². The molecule has 0 unspecified atom stereocenters. The molecule has 0 aliphatic heterocycles. The van der Waals surface area contributed by atoms with Gasteiger partial charge in [0.05, 0.1) is 12.7 Å². The van der Waals surface area contributed by atoms with Gasteiger partial charge in [-0.25, -0.2) is 14.8 Å². The Morgan fingerprint density at radius 1 is 1.16 bits per heavy atom. The van der Waals surface area contributed by atoms with E-state index >= 15 is 0 Å². The van der Waals surface area contributed by atoms with E-state index in [9.17, 15) is 9.59 Å².